The number of ether oxygens (including phenoxy) is 1. The maximum Gasteiger partial charge on any atom is 0.0779 e. The summed E-state index contributed by atoms with van der Waals surface area (Å²) in [6.07, 6.45) is 2.66. The van der Waals surface area contributed by atoms with Gasteiger partial charge in [-0.3, -0.25) is 0 Å². The van der Waals surface area contributed by atoms with E-state index >= 15 is 0 Å². The van der Waals surface area contributed by atoms with Gasteiger partial charge in [0.1, 0.15) is 0 Å². The molecule has 0 aliphatic carbocycles. The van der Waals surface area contributed by atoms with Gasteiger partial charge >= 0.3 is 0 Å². The molecule has 0 spiro atoms. The van der Waals surface area contributed by atoms with Gasteiger partial charge in [0.2, 0.25) is 0 Å². The van der Waals surface area contributed by atoms with Crippen molar-refractivity contribution in [3.8, 4) is 0 Å². The molecule has 0 aliphatic rings. The summed E-state index contributed by atoms with van der Waals surface area (Å²) in [5, 5.41) is 0. The standard InChI is InChI=1S/C8H15BrO/c1-4-5-8(3)10-6-7(2)9/h8H,2,4-6H2,1,3H3. The summed E-state index contributed by atoms with van der Waals surface area (Å²) in [7, 11) is 0. The summed E-state index contributed by atoms with van der Waals surface area (Å²) in [6.45, 7) is 8.54. The molecule has 2 heteroatoms. The Hall–Kier alpha value is 0.180. The second-order valence-corrected chi connectivity index (χ2v) is 3.55. The molecule has 10 heavy (non-hydrogen) atoms. The summed E-state index contributed by atoms with van der Waals surface area (Å²) >= 11 is 3.23. The van der Waals surface area contributed by atoms with Crippen LogP contribution >= 0.6 is 15.9 Å². The normalized spacial score (nSPS) is 13.1. The first kappa shape index (κ1) is 10.2. The maximum absolute atomic E-state index is 5.40. The summed E-state index contributed by atoms with van der Waals surface area (Å²) in [5.41, 5.74) is 0. The highest BCUT2D eigenvalue weighted by atomic mass is 79.9. The lowest BCUT2D eigenvalue weighted by Crippen LogP contribution is -2.08. The minimum atomic E-state index is 0.360. The van der Waals surface area contributed by atoms with Gasteiger partial charge in [-0.05, 0) is 13.3 Å². The first-order valence-electron chi connectivity index (χ1n) is 3.61. The Labute approximate surface area is 71.6 Å². The SMILES string of the molecule is C=C(Br)COC(C)CCC. The lowest BCUT2D eigenvalue weighted by Gasteiger charge is -2.10. The minimum absolute atomic E-state index is 0.360. The fourth-order valence-corrected chi connectivity index (χ4v) is 0.855. The van der Waals surface area contributed by atoms with Crippen LogP contribution in [0, 0.1) is 0 Å². The van der Waals surface area contributed by atoms with Gasteiger partial charge in [0, 0.05) is 4.48 Å². The summed E-state index contributed by atoms with van der Waals surface area (Å²) in [6, 6.07) is 0. The van der Waals surface area contributed by atoms with Crippen molar-refractivity contribution >= 4 is 15.9 Å². The second-order valence-electron chi connectivity index (χ2n) is 2.43. The van der Waals surface area contributed by atoms with E-state index in [0.717, 1.165) is 10.9 Å². The third-order valence-electron chi connectivity index (χ3n) is 1.22. The van der Waals surface area contributed by atoms with Crippen molar-refractivity contribution in [2.75, 3.05) is 6.61 Å². The van der Waals surface area contributed by atoms with E-state index in [1.54, 1.807) is 0 Å². The van der Waals surface area contributed by atoms with Crippen LogP contribution in [0.4, 0.5) is 0 Å². The highest BCUT2D eigenvalue weighted by Gasteiger charge is 1.99. The fraction of sp³-hybridized carbons (Fsp3) is 0.750. The van der Waals surface area contributed by atoms with E-state index in [1.165, 1.54) is 6.42 Å². The van der Waals surface area contributed by atoms with Gasteiger partial charge in [-0.1, -0.05) is 35.9 Å². The van der Waals surface area contributed by atoms with Crippen LogP contribution in [0.2, 0.25) is 0 Å². The predicted octanol–water partition coefficient (Wildman–Crippen LogP) is 3.10. The smallest absolute Gasteiger partial charge is 0.0779 e. The third kappa shape index (κ3) is 6.30. The van der Waals surface area contributed by atoms with E-state index in [1.807, 2.05) is 0 Å². The predicted molar refractivity (Wildman–Crippen MR) is 48.4 cm³/mol. The fourth-order valence-electron chi connectivity index (χ4n) is 0.723. The van der Waals surface area contributed by atoms with E-state index in [4.69, 9.17) is 4.74 Å². The monoisotopic (exact) mass is 206 g/mol. The highest BCUT2D eigenvalue weighted by molar-refractivity contribution is 9.11. The van der Waals surface area contributed by atoms with Gasteiger partial charge in [-0.25, -0.2) is 0 Å². The zero-order chi connectivity index (χ0) is 7.98. The Morgan fingerprint density at radius 2 is 2.30 bits per heavy atom. The van der Waals surface area contributed by atoms with Crippen molar-refractivity contribution in [1.29, 1.82) is 0 Å². The molecule has 60 valence electrons. The molecule has 0 radical (unpaired) electrons. The number of rotatable bonds is 5. The van der Waals surface area contributed by atoms with Crippen molar-refractivity contribution < 1.29 is 4.74 Å². The van der Waals surface area contributed by atoms with E-state index in [2.05, 4.69) is 36.4 Å². The third-order valence-corrected chi connectivity index (χ3v) is 1.45. The van der Waals surface area contributed by atoms with Gasteiger partial charge in [0.05, 0.1) is 12.7 Å². The van der Waals surface area contributed by atoms with Crippen molar-refractivity contribution in [3.63, 3.8) is 0 Å². The Bertz CT molecular complexity index is 101. The number of halogens is 1. The quantitative estimate of drug-likeness (QED) is 0.673. The van der Waals surface area contributed by atoms with Gasteiger partial charge in [0.15, 0.2) is 0 Å². The van der Waals surface area contributed by atoms with Gasteiger partial charge in [-0.15, -0.1) is 0 Å². The summed E-state index contributed by atoms with van der Waals surface area (Å²) < 4.78 is 6.31. The van der Waals surface area contributed by atoms with Gasteiger partial charge in [-0.2, -0.15) is 0 Å². The molecular formula is C8H15BrO. The molecule has 0 aromatic rings. The molecule has 0 amide bonds. The van der Waals surface area contributed by atoms with Crippen molar-refractivity contribution in [3.05, 3.63) is 11.1 Å². The van der Waals surface area contributed by atoms with E-state index in [-0.39, 0.29) is 0 Å². The Balaban J connectivity index is 3.21. The zero-order valence-corrected chi connectivity index (χ0v) is 8.28. The largest absolute Gasteiger partial charge is 0.373 e. The number of hydrogen-bond donors (Lipinski definition) is 0. The highest BCUT2D eigenvalue weighted by Crippen LogP contribution is 2.06. The molecule has 0 saturated carbocycles. The average molecular weight is 207 g/mol. The lowest BCUT2D eigenvalue weighted by molar-refractivity contribution is 0.0804. The van der Waals surface area contributed by atoms with E-state index in [9.17, 15) is 0 Å². The van der Waals surface area contributed by atoms with Crippen LogP contribution in [0.3, 0.4) is 0 Å². The summed E-state index contributed by atoms with van der Waals surface area (Å²) in [4.78, 5) is 0. The molecule has 1 unspecified atom stereocenters. The molecule has 0 heterocycles. The zero-order valence-electron chi connectivity index (χ0n) is 6.69. The minimum Gasteiger partial charge on any atom is -0.373 e. The van der Waals surface area contributed by atoms with Crippen LogP contribution in [0.1, 0.15) is 26.7 Å². The summed E-state index contributed by atoms with van der Waals surface area (Å²) in [5.74, 6) is 0. The molecule has 1 atom stereocenters. The lowest BCUT2D eigenvalue weighted by atomic mass is 10.2. The van der Waals surface area contributed by atoms with Crippen molar-refractivity contribution in [1.82, 2.24) is 0 Å². The van der Waals surface area contributed by atoms with Gasteiger partial charge in [0.25, 0.3) is 0 Å². The van der Waals surface area contributed by atoms with Crippen LogP contribution in [0.5, 0.6) is 0 Å². The second kappa shape index (κ2) is 5.93. The molecule has 0 N–H and O–H groups in total. The Morgan fingerprint density at radius 1 is 1.70 bits per heavy atom. The Morgan fingerprint density at radius 3 is 2.70 bits per heavy atom. The van der Waals surface area contributed by atoms with Crippen LogP contribution in [0.25, 0.3) is 0 Å². The van der Waals surface area contributed by atoms with Crippen molar-refractivity contribution in [2.24, 2.45) is 0 Å². The van der Waals surface area contributed by atoms with Crippen LogP contribution < -0.4 is 0 Å². The molecule has 0 aliphatic heterocycles. The first-order chi connectivity index (χ1) is 4.66. The topological polar surface area (TPSA) is 9.23 Å². The maximum atomic E-state index is 5.40. The average Bonchev–Trinajstić information content (AvgIpc) is 1.85. The molecule has 0 aromatic carbocycles. The molecule has 0 bridgehead atoms. The van der Waals surface area contributed by atoms with E-state index in [0.29, 0.717) is 12.7 Å². The Kier molecular flexibility index (Phi) is 6.03. The van der Waals surface area contributed by atoms with Crippen LogP contribution in [-0.2, 0) is 4.74 Å². The molecule has 0 aromatic heterocycles. The molecular weight excluding hydrogens is 192 g/mol. The van der Waals surface area contributed by atoms with Crippen LogP contribution in [-0.4, -0.2) is 12.7 Å². The van der Waals surface area contributed by atoms with Gasteiger partial charge < -0.3 is 4.74 Å². The van der Waals surface area contributed by atoms with Crippen LogP contribution in [0.15, 0.2) is 11.1 Å². The number of hydrogen-bond acceptors (Lipinski definition) is 1. The first-order valence-corrected chi connectivity index (χ1v) is 4.41. The molecule has 0 saturated heterocycles. The van der Waals surface area contributed by atoms with Crippen molar-refractivity contribution in [2.45, 2.75) is 32.8 Å². The molecule has 0 fully saturated rings. The molecule has 1 nitrogen and oxygen atoms in total. The molecule has 0 rings (SSSR count). The van der Waals surface area contributed by atoms with E-state index < -0.39 is 0 Å².